The highest BCUT2D eigenvalue weighted by Crippen LogP contribution is 2.42. The fraction of sp³-hybridized carbons (Fsp3) is 0.364. The number of carbonyl (C=O) groups is 4. The second-order valence-corrected chi connectivity index (χ2v) is 7.67. The summed E-state index contributed by atoms with van der Waals surface area (Å²) in [6.07, 6.45) is -1.65. The fourth-order valence-corrected chi connectivity index (χ4v) is 2.79. The summed E-state index contributed by atoms with van der Waals surface area (Å²) >= 11 is 0. The summed E-state index contributed by atoms with van der Waals surface area (Å²) in [5.41, 5.74) is 0.0924. The van der Waals surface area contributed by atoms with E-state index in [4.69, 9.17) is 14.2 Å². The molecule has 0 aliphatic heterocycles. The van der Waals surface area contributed by atoms with Crippen LogP contribution >= 0.6 is 0 Å². The lowest BCUT2D eigenvalue weighted by Crippen LogP contribution is -2.29. The number of methoxy groups -OCH3 is 1. The van der Waals surface area contributed by atoms with Crippen molar-refractivity contribution in [1.82, 2.24) is 19.3 Å². The van der Waals surface area contributed by atoms with Gasteiger partial charge < -0.3 is 28.9 Å². The maximum absolute atomic E-state index is 13.3. The van der Waals surface area contributed by atoms with Crippen molar-refractivity contribution in [3.63, 3.8) is 0 Å². The quantitative estimate of drug-likeness (QED) is 0.609. The maximum Gasteiger partial charge on any atom is 0.414 e. The van der Waals surface area contributed by atoms with E-state index in [0.29, 0.717) is 11.4 Å². The number of rotatable bonds is 6. The molecule has 0 spiro atoms. The number of ketones is 1. The number of hydrogen-bond donors (Lipinski definition) is 0. The van der Waals surface area contributed by atoms with E-state index < -0.39 is 23.9 Å². The summed E-state index contributed by atoms with van der Waals surface area (Å²) in [5, 5.41) is 0. The lowest BCUT2D eigenvalue weighted by Gasteiger charge is -2.17. The van der Waals surface area contributed by atoms with Gasteiger partial charge in [-0.3, -0.25) is 14.2 Å². The third-order valence-electron chi connectivity index (χ3n) is 4.47. The maximum atomic E-state index is 13.3. The minimum Gasteiger partial charge on any atom is -0.497 e. The smallest absolute Gasteiger partial charge is 0.414 e. The Hall–Kier alpha value is -4.02. The lowest BCUT2D eigenvalue weighted by atomic mass is 10.2. The van der Waals surface area contributed by atoms with Crippen LogP contribution in [-0.4, -0.2) is 92.5 Å². The molecule has 1 heterocycles. The number of ether oxygens (including phenoxy) is 3. The summed E-state index contributed by atoms with van der Waals surface area (Å²) in [6, 6.07) is 6.51. The van der Waals surface area contributed by atoms with Gasteiger partial charge in [-0.2, -0.15) is 0 Å². The van der Waals surface area contributed by atoms with E-state index in [0.717, 1.165) is 9.80 Å². The van der Waals surface area contributed by atoms with Gasteiger partial charge in [-0.05, 0) is 24.3 Å². The summed E-state index contributed by atoms with van der Waals surface area (Å²) < 4.78 is 17.4. The molecule has 3 amide bonds. The number of Topliss-reactive ketones (excluding diaryl/α,β-unsaturated/α-hetero) is 1. The van der Waals surface area contributed by atoms with E-state index in [1.54, 1.807) is 24.3 Å². The first-order chi connectivity index (χ1) is 15.4. The summed E-state index contributed by atoms with van der Waals surface area (Å²) in [7, 11) is 10.3. The molecule has 11 nitrogen and oxygen atoms in total. The monoisotopic (exact) mass is 460 g/mol. The number of hydrogen-bond acceptors (Lipinski definition) is 7. The molecule has 0 aliphatic rings. The van der Waals surface area contributed by atoms with Crippen molar-refractivity contribution < 1.29 is 33.4 Å². The molecule has 0 N–H and O–H groups in total. The molecule has 0 bridgehead atoms. The Morgan fingerprint density at radius 2 is 1.18 bits per heavy atom. The summed E-state index contributed by atoms with van der Waals surface area (Å²) in [4.78, 5) is 54.5. The molecule has 0 aliphatic carbocycles. The third kappa shape index (κ3) is 5.25. The Kier molecular flexibility index (Phi) is 7.70. The zero-order valence-corrected chi connectivity index (χ0v) is 20.0. The van der Waals surface area contributed by atoms with Crippen molar-refractivity contribution in [3.05, 3.63) is 35.7 Å². The van der Waals surface area contributed by atoms with E-state index in [9.17, 15) is 19.2 Å². The minimum absolute atomic E-state index is 0.137. The topological polar surface area (TPSA) is 111 Å². The van der Waals surface area contributed by atoms with Gasteiger partial charge in [0.05, 0.1) is 7.11 Å². The number of amides is 3. The zero-order chi connectivity index (χ0) is 25.0. The molecule has 0 fully saturated rings. The molecule has 11 heteroatoms. The van der Waals surface area contributed by atoms with Crippen molar-refractivity contribution in [2.75, 3.05) is 49.4 Å². The molecule has 0 radical (unpaired) electrons. The van der Waals surface area contributed by atoms with Crippen LogP contribution in [0.5, 0.6) is 17.2 Å². The molecule has 33 heavy (non-hydrogen) atoms. The molecule has 0 atom stereocenters. The van der Waals surface area contributed by atoms with Gasteiger partial charge in [0.25, 0.3) is 5.91 Å². The van der Waals surface area contributed by atoms with Crippen molar-refractivity contribution >= 4 is 23.9 Å². The van der Waals surface area contributed by atoms with Gasteiger partial charge >= 0.3 is 12.2 Å². The molecular formula is C22H28N4O7. The normalized spacial score (nSPS) is 10.3. The van der Waals surface area contributed by atoms with Crippen molar-refractivity contribution in [2.24, 2.45) is 0 Å². The van der Waals surface area contributed by atoms with Gasteiger partial charge in [-0.1, -0.05) is 0 Å². The van der Waals surface area contributed by atoms with Crippen LogP contribution < -0.4 is 14.2 Å². The Balaban J connectivity index is 2.98. The Bertz CT molecular complexity index is 1070. The molecule has 0 saturated heterocycles. The first kappa shape index (κ1) is 25.2. The molecule has 2 rings (SSSR count). The van der Waals surface area contributed by atoms with Crippen LogP contribution in [0.4, 0.5) is 9.59 Å². The summed E-state index contributed by atoms with van der Waals surface area (Å²) in [6.45, 7) is 1.25. The van der Waals surface area contributed by atoms with E-state index in [1.807, 2.05) is 0 Å². The molecule has 0 unspecified atom stereocenters. The van der Waals surface area contributed by atoms with Gasteiger partial charge in [0.2, 0.25) is 11.5 Å². The highest BCUT2D eigenvalue weighted by molar-refractivity contribution is 6.05. The van der Waals surface area contributed by atoms with Crippen LogP contribution in [-0.2, 0) is 0 Å². The fourth-order valence-electron chi connectivity index (χ4n) is 2.79. The molecule has 1 aromatic heterocycles. The highest BCUT2D eigenvalue weighted by atomic mass is 16.6. The first-order valence-corrected chi connectivity index (χ1v) is 9.84. The number of aromatic nitrogens is 1. The van der Waals surface area contributed by atoms with Crippen molar-refractivity contribution in [3.8, 4) is 22.9 Å². The average Bonchev–Trinajstić information content (AvgIpc) is 3.06. The SMILES string of the molecule is COc1ccc(-n2c(C(C)=O)c(OC(=O)N(C)C)c(OC(=O)N(C)C)c2C(=O)N(C)C)cc1. The van der Waals surface area contributed by atoms with E-state index in [2.05, 4.69) is 0 Å². The predicted molar refractivity (Wildman–Crippen MR) is 120 cm³/mol. The first-order valence-electron chi connectivity index (χ1n) is 9.84. The third-order valence-corrected chi connectivity index (χ3v) is 4.47. The number of nitrogens with zero attached hydrogens (tertiary/aromatic N) is 4. The molecule has 1 aromatic carbocycles. The van der Waals surface area contributed by atoms with Crippen LogP contribution in [0.25, 0.3) is 5.69 Å². The Morgan fingerprint density at radius 3 is 1.55 bits per heavy atom. The second-order valence-electron chi connectivity index (χ2n) is 7.67. The molecule has 2 aromatic rings. The van der Waals surface area contributed by atoms with Crippen molar-refractivity contribution in [2.45, 2.75) is 6.92 Å². The lowest BCUT2D eigenvalue weighted by molar-refractivity contribution is 0.0815. The number of carbonyl (C=O) groups excluding carboxylic acids is 4. The van der Waals surface area contributed by atoms with Gasteiger partial charge in [0, 0.05) is 54.9 Å². The summed E-state index contributed by atoms with van der Waals surface area (Å²) in [5.74, 6) is -1.23. The van der Waals surface area contributed by atoms with Gasteiger partial charge in [-0.15, -0.1) is 0 Å². The van der Waals surface area contributed by atoms with E-state index in [1.165, 1.54) is 65.8 Å². The highest BCUT2D eigenvalue weighted by Gasteiger charge is 2.36. The zero-order valence-electron chi connectivity index (χ0n) is 20.0. The minimum atomic E-state index is -0.827. The molecule has 178 valence electrons. The molecular weight excluding hydrogens is 432 g/mol. The van der Waals surface area contributed by atoms with Crippen molar-refractivity contribution in [1.29, 1.82) is 0 Å². The Labute approximate surface area is 192 Å². The van der Waals surface area contributed by atoms with Crippen LogP contribution in [0.3, 0.4) is 0 Å². The average molecular weight is 460 g/mol. The Morgan fingerprint density at radius 1 is 0.727 bits per heavy atom. The molecule has 0 saturated carbocycles. The number of benzene rings is 1. The largest absolute Gasteiger partial charge is 0.497 e. The predicted octanol–water partition coefficient (Wildman–Crippen LogP) is 2.51. The van der Waals surface area contributed by atoms with Crippen LogP contribution in [0, 0.1) is 0 Å². The standard InChI is InChI=1S/C22H28N4O7/c1-13(27)16-18(32-21(29)24(4)5)19(33-22(30)25(6)7)17(20(28)23(2)3)26(16)14-9-11-15(31-8)12-10-14/h9-12H,1-8H3. The van der Waals surface area contributed by atoms with Gasteiger partial charge in [0.1, 0.15) is 11.4 Å². The van der Waals surface area contributed by atoms with Crippen LogP contribution in [0.2, 0.25) is 0 Å². The van der Waals surface area contributed by atoms with E-state index in [-0.39, 0.29) is 22.9 Å². The van der Waals surface area contributed by atoms with Crippen LogP contribution in [0.1, 0.15) is 27.9 Å². The van der Waals surface area contributed by atoms with Crippen LogP contribution in [0.15, 0.2) is 24.3 Å². The van der Waals surface area contributed by atoms with Gasteiger partial charge in [-0.25, -0.2) is 9.59 Å². The van der Waals surface area contributed by atoms with E-state index >= 15 is 0 Å². The van der Waals surface area contributed by atoms with Gasteiger partial charge in [0.15, 0.2) is 11.5 Å². The second kappa shape index (κ2) is 10.1.